The molecule has 4 nitrogen and oxygen atoms in total. The third-order valence-electron chi connectivity index (χ3n) is 2.22. The molecule has 0 saturated carbocycles. The summed E-state index contributed by atoms with van der Waals surface area (Å²) in [5.41, 5.74) is 0.00912. The maximum absolute atomic E-state index is 11.2. The fourth-order valence-electron chi connectivity index (χ4n) is 0.964. The third-order valence-corrected chi connectivity index (χ3v) is 2.22. The Labute approximate surface area is 76.7 Å². The van der Waals surface area contributed by atoms with Crippen molar-refractivity contribution in [1.29, 1.82) is 0 Å². The monoisotopic (exact) mass is 182 g/mol. The lowest BCUT2D eigenvalue weighted by Crippen LogP contribution is -2.15. The maximum atomic E-state index is 11.2. The van der Waals surface area contributed by atoms with Crippen LogP contribution >= 0.6 is 0 Å². The fraction of sp³-hybridized carbons (Fsp3) is 0.556. The summed E-state index contributed by atoms with van der Waals surface area (Å²) in [7, 11) is 0. The summed E-state index contributed by atoms with van der Waals surface area (Å²) in [6.45, 7) is 5.50. The first-order chi connectivity index (χ1) is 6.06. The number of H-pyrrole nitrogens is 1. The van der Waals surface area contributed by atoms with Gasteiger partial charge in [-0.1, -0.05) is 13.8 Å². The van der Waals surface area contributed by atoms with Gasteiger partial charge in [-0.3, -0.25) is 4.79 Å². The largest absolute Gasteiger partial charge is 0.493 e. The number of aromatic amines is 1. The minimum atomic E-state index is -0.261. The summed E-state index contributed by atoms with van der Waals surface area (Å²) in [6, 6.07) is 0. The van der Waals surface area contributed by atoms with E-state index >= 15 is 0 Å². The molecule has 1 rings (SSSR count). The summed E-state index contributed by atoms with van der Waals surface area (Å²) in [4.78, 5) is 17.8. The molecule has 1 atom stereocenters. The zero-order chi connectivity index (χ0) is 10.0. The van der Waals surface area contributed by atoms with Gasteiger partial charge in [0.2, 0.25) is 5.88 Å². The van der Waals surface area contributed by atoms with Gasteiger partial charge >= 0.3 is 0 Å². The van der Waals surface area contributed by atoms with Crippen molar-refractivity contribution in [2.75, 3.05) is 0 Å². The summed E-state index contributed by atoms with van der Waals surface area (Å²) in [6.07, 6.45) is 0.880. The Morgan fingerprint density at radius 3 is 2.69 bits per heavy atom. The van der Waals surface area contributed by atoms with Gasteiger partial charge in [-0.15, -0.1) is 0 Å². The van der Waals surface area contributed by atoms with Crippen molar-refractivity contribution in [2.24, 2.45) is 0 Å². The first-order valence-corrected chi connectivity index (χ1v) is 4.36. The normalized spacial score (nSPS) is 12.8. The minimum Gasteiger partial charge on any atom is -0.493 e. The molecular formula is C9H14N2O2. The van der Waals surface area contributed by atoms with Gasteiger partial charge in [-0.2, -0.15) is 4.98 Å². The van der Waals surface area contributed by atoms with Gasteiger partial charge in [0.1, 0.15) is 5.82 Å². The van der Waals surface area contributed by atoms with Crippen molar-refractivity contribution in [2.45, 2.75) is 33.1 Å². The van der Waals surface area contributed by atoms with Crippen LogP contribution in [0.25, 0.3) is 0 Å². The molecule has 0 spiro atoms. The van der Waals surface area contributed by atoms with Crippen molar-refractivity contribution < 1.29 is 5.11 Å². The minimum absolute atomic E-state index is 0.166. The van der Waals surface area contributed by atoms with Crippen LogP contribution in [0.15, 0.2) is 4.79 Å². The Kier molecular flexibility index (Phi) is 2.70. The summed E-state index contributed by atoms with van der Waals surface area (Å²) in [5.74, 6) is 0.550. The predicted molar refractivity (Wildman–Crippen MR) is 50.0 cm³/mol. The number of hydrogen-bond donors (Lipinski definition) is 2. The zero-order valence-corrected chi connectivity index (χ0v) is 8.09. The van der Waals surface area contributed by atoms with Gasteiger partial charge in [0.05, 0.1) is 5.56 Å². The molecule has 72 valence electrons. The highest BCUT2D eigenvalue weighted by molar-refractivity contribution is 5.20. The van der Waals surface area contributed by atoms with E-state index in [4.69, 9.17) is 0 Å². The molecule has 0 bridgehead atoms. The van der Waals surface area contributed by atoms with E-state index in [0.717, 1.165) is 6.42 Å². The van der Waals surface area contributed by atoms with Crippen molar-refractivity contribution in [3.05, 3.63) is 21.7 Å². The number of nitrogens with zero attached hydrogens (tertiary/aromatic N) is 1. The molecule has 0 aliphatic carbocycles. The van der Waals surface area contributed by atoms with E-state index in [2.05, 4.69) is 9.97 Å². The molecule has 1 aromatic heterocycles. The first kappa shape index (κ1) is 9.77. The highest BCUT2D eigenvalue weighted by Gasteiger charge is 2.10. The lowest BCUT2D eigenvalue weighted by molar-refractivity contribution is 0.439. The van der Waals surface area contributed by atoms with Crippen molar-refractivity contribution in [3.8, 4) is 5.88 Å². The molecule has 1 unspecified atom stereocenters. The smallest absolute Gasteiger partial charge is 0.257 e. The van der Waals surface area contributed by atoms with E-state index in [1.54, 1.807) is 6.92 Å². The fourth-order valence-corrected chi connectivity index (χ4v) is 0.964. The van der Waals surface area contributed by atoms with Crippen LogP contribution in [0.2, 0.25) is 0 Å². The topological polar surface area (TPSA) is 66.0 Å². The SMILES string of the molecule is CCC(C)c1nc(O)c(C)c(=O)[nH]1. The average Bonchev–Trinajstić information content (AvgIpc) is 2.12. The molecule has 1 aromatic rings. The standard InChI is InChI=1S/C9H14N2O2/c1-4-5(2)7-10-8(12)6(3)9(13)11-7/h5H,4H2,1-3H3,(H2,10,11,12,13). The molecular weight excluding hydrogens is 168 g/mol. The Hall–Kier alpha value is -1.32. The van der Waals surface area contributed by atoms with Gasteiger partial charge in [0.25, 0.3) is 5.56 Å². The van der Waals surface area contributed by atoms with E-state index in [9.17, 15) is 9.90 Å². The molecule has 0 aliphatic heterocycles. The number of nitrogens with one attached hydrogen (secondary N) is 1. The van der Waals surface area contributed by atoms with Crippen molar-refractivity contribution in [3.63, 3.8) is 0 Å². The van der Waals surface area contributed by atoms with E-state index in [1.165, 1.54) is 0 Å². The second-order valence-corrected chi connectivity index (χ2v) is 3.21. The van der Waals surface area contributed by atoms with Crippen LogP contribution < -0.4 is 5.56 Å². The van der Waals surface area contributed by atoms with Crippen LogP contribution in [0.5, 0.6) is 5.88 Å². The van der Waals surface area contributed by atoms with Crippen LogP contribution in [0.3, 0.4) is 0 Å². The van der Waals surface area contributed by atoms with Crippen LogP contribution in [-0.2, 0) is 0 Å². The van der Waals surface area contributed by atoms with E-state index in [-0.39, 0.29) is 22.9 Å². The number of hydrogen-bond acceptors (Lipinski definition) is 3. The molecule has 0 fully saturated rings. The molecule has 13 heavy (non-hydrogen) atoms. The molecule has 1 heterocycles. The molecule has 0 aromatic carbocycles. The van der Waals surface area contributed by atoms with Crippen molar-refractivity contribution in [1.82, 2.24) is 9.97 Å². The van der Waals surface area contributed by atoms with Gasteiger partial charge in [-0.05, 0) is 13.3 Å². The molecule has 2 N–H and O–H groups in total. The van der Waals surface area contributed by atoms with Crippen LogP contribution in [-0.4, -0.2) is 15.1 Å². The Bertz CT molecular complexity index is 357. The highest BCUT2D eigenvalue weighted by Crippen LogP contribution is 2.15. The van der Waals surface area contributed by atoms with E-state index in [1.807, 2.05) is 13.8 Å². The third kappa shape index (κ3) is 1.88. The maximum Gasteiger partial charge on any atom is 0.257 e. The lowest BCUT2D eigenvalue weighted by Gasteiger charge is -2.07. The van der Waals surface area contributed by atoms with Gasteiger partial charge in [0.15, 0.2) is 0 Å². The molecule has 4 heteroatoms. The molecule has 0 amide bonds. The summed E-state index contributed by atoms with van der Waals surface area (Å²) < 4.78 is 0. The number of rotatable bonds is 2. The van der Waals surface area contributed by atoms with Crippen LogP contribution in [0.4, 0.5) is 0 Å². The Balaban J connectivity index is 3.21. The average molecular weight is 182 g/mol. The lowest BCUT2D eigenvalue weighted by atomic mass is 10.1. The van der Waals surface area contributed by atoms with Crippen molar-refractivity contribution >= 4 is 0 Å². The highest BCUT2D eigenvalue weighted by atomic mass is 16.3. The Morgan fingerprint density at radius 1 is 1.62 bits per heavy atom. The van der Waals surface area contributed by atoms with Gasteiger partial charge < -0.3 is 10.1 Å². The van der Waals surface area contributed by atoms with E-state index < -0.39 is 0 Å². The van der Waals surface area contributed by atoms with Crippen LogP contribution in [0, 0.1) is 6.92 Å². The summed E-state index contributed by atoms with van der Waals surface area (Å²) >= 11 is 0. The molecule has 0 aliphatic rings. The first-order valence-electron chi connectivity index (χ1n) is 4.36. The molecule has 0 saturated heterocycles. The molecule has 0 radical (unpaired) electrons. The quantitative estimate of drug-likeness (QED) is 0.724. The van der Waals surface area contributed by atoms with Gasteiger partial charge in [-0.25, -0.2) is 0 Å². The summed E-state index contributed by atoms with van der Waals surface area (Å²) in [5, 5.41) is 9.29. The number of aromatic hydroxyl groups is 1. The second-order valence-electron chi connectivity index (χ2n) is 3.21. The Morgan fingerprint density at radius 2 is 2.23 bits per heavy atom. The predicted octanol–water partition coefficient (Wildman–Crippen LogP) is 1.30. The number of aromatic nitrogens is 2. The zero-order valence-electron chi connectivity index (χ0n) is 8.09. The van der Waals surface area contributed by atoms with E-state index in [0.29, 0.717) is 5.82 Å². The van der Waals surface area contributed by atoms with Gasteiger partial charge in [0, 0.05) is 5.92 Å². The van der Waals surface area contributed by atoms with Crippen LogP contribution in [0.1, 0.15) is 37.6 Å². The second kappa shape index (κ2) is 3.60.